The lowest BCUT2D eigenvalue weighted by Gasteiger charge is -2.23. The van der Waals surface area contributed by atoms with Gasteiger partial charge in [0.2, 0.25) is 5.91 Å². The first-order valence-electron chi connectivity index (χ1n) is 5.59. The van der Waals surface area contributed by atoms with Crippen molar-refractivity contribution in [1.82, 2.24) is 4.98 Å². The van der Waals surface area contributed by atoms with Crippen LogP contribution in [0, 0.1) is 6.92 Å². The van der Waals surface area contributed by atoms with E-state index in [0.29, 0.717) is 12.1 Å². The highest BCUT2D eigenvalue weighted by atomic mass is 35.5. The number of carbonyl (C=O) groups excluding carboxylic acids is 1. The fourth-order valence-electron chi connectivity index (χ4n) is 1.54. The highest BCUT2D eigenvalue weighted by molar-refractivity contribution is 6.32. The number of amides is 1. The van der Waals surface area contributed by atoms with Crippen LogP contribution >= 0.6 is 11.6 Å². The summed E-state index contributed by atoms with van der Waals surface area (Å²) < 4.78 is 0. The molecule has 0 aliphatic rings. The van der Waals surface area contributed by atoms with Crippen LogP contribution in [0.25, 0.3) is 0 Å². The van der Waals surface area contributed by atoms with Crippen molar-refractivity contribution in [3.8, 4) is 0 Å². The van der Waals surface area contributed by atoms with Gasteiger partial charge in [0, 0.05) is 6.20 Å². The maximum absolute atomic E-state index is 12.0. The number of anilines is 1. The average molecular weight is 256 g/mol. The normalized spacial score (nSPS) is 14.2. The molecule has 0 bridgehead atoms. The molecule has 0 saturated heterocycles. The molecule has 5 heteroatoms. The standard InChI is InChI=1S/C12H18ClN3O/c1-4-5-12(3,14)11(17)16-9-6-8(2)7-15-10(9)13/h6-7H,4-5,14H2,1-3H3,(H,16,17). The summed E-state index contributed by atoms with van der Waals surface area (Å²) in [6, 6.07) is 1.77. The van der Waals surface area contributed by atoms with Crippen molar-refractivity contribution in [3.05, 3.63) is 23.0 Å². The second kappa shape index (κ2) is 5.47. The topological polar surface area (TPSA) is 68.0 Å². The number of nitrogens with one attached hydrogen (secondary N) is 1. The molecule has 0 fully saturated rings. The number of hydrogen-bond donors (Lipinski definition) is 2. The summed E-state index contributed by atoms with van der Waals surface area (Å²) >= 11 is 5.90. The van der Waals surface area contributed by atoms with E-state index < -0.39 is 5.54 Å². The molecule has 4 nitrogen and oxygen atoms in total. The third kappa shape index (κ3) is 3.68. The monoisotopic (exact) mass is 255 g/mol. The van der Waals surface area contributed by atoms with Crippen molar-refractivity contribution >= 4 is 23.2 Å². The minimum Gasteiger partial charge on any atom is -0.322 e. The molecule has 1 unspecified atom stereocenters. The largest absolute Gasteiger partial charge is 0.322 e. The molecule has 1 rings (SSSR count). The molecule has 0 radical (unpaired) electrons. The predicted molar refractivity (Wildman–Crippen MR) is 70.1 cm³/mol. The van der Waals surface area contributed by atoms with Gasteiger partial charge < -0.3 is 11.1 Å². The quantitative estimate of drug-likeness (QED) is 0.813. The maximum atomic E-state index is 12.0. The van der Waals surface area contributed by atoms with Gasteiger partial charge in [-0.15, -0.1) is 0 Å². The highest BCUT2D eigenvalue weighted by Gasteiger charge is 2.27. The molecule has 0 saturated carbocycles. The predicted octanol–water partition coefficient (Wildman–Crippen LogP) is 2.50. The minimum absolute atomic E-state index is 0.242. The first-order valence-corrected chi connectivity index (χ1v) is 5.97. The molecule has 94 valence electrons. The number of nitrogens with two attached hydrogens (primary N) is 1. The molecule has 1 aromatic heterocycles. The summed E-state index contributed by atoms with van der Waals surface area (Å²) in [5.74, 6) is -0.242. The van der Waals surface area contributed by atoms with Gasteiger partial charge in [0.15, 0.2) is 5.15 Å². The molecule has 1 amide bonds. The Morgan fingerprint density at radius 1 is 1.65 bits per heavy atom. The van der Waals surface area contributed by atoms with Gasteiger partial charge in [-0.25, -0.2) is 4.98 Å². The van der Waals surface area contributed by atoms with E-state index in [1.165, 1.54) is 0 Å². The molecule has 1 atom stereocenters. The first-order chi connectivity index (χ1) is 7.86. The van der Waals surface area contributed by atoms with E-state index in [4.69, 9.17) is 17.3 Å². The number of hydrogen-bond acceptors (Lipinski definition) is 3. The summed E-state index contributed by atoms with van der Waals surface area (Å²) in [5.41, 5.74) is 6.48. The number of halogens is 1. The molecule has 1 heterocycles. The van der Waals surface area contributed by atoms with Crippen molar-refractivity contribution in [2.24, 2.45) is 5.73 Å². The van der Waals surface area contributed by atoms with E-state index in [1.54, 1.807) is 19.2 Å². The minimum atomic E-state index is -0.887. The van der Waals surface area contributed by atoms with Gasteiger partial charge in [-0.05, 0) is 31.9 Å². The van der Waals surface area contributed by atoms with Gasteiger partial charge >= 0.3 is 0 Å². The lowest BCUT2D eigenvalue weighted by atomic mass is 9.96. The molecule has 17 heavy (non-hydrogen) atoms. The Morgan fingerprint density at radius 2 is 2.29 bits per heavy atom. The third-order valence-corrected chi connectivity index (χ3v) is 2.81. The van der Waals surface area contributed by atoms with Crippen LogP contribution in [0.4, 0.5) is 5.69 Å². The van der Waals surface area contributed by atoms with Crippen molar-refractivity contribution in [2.75, 3.05) is 5.32 Å². The fourth-order valence-corrected chi connectivity index (χ4v) is 1.69. The maximum Gasteiger partial charge on any atom is 0.244 e. The van der Waals surface area contributed by atoms with Gasteiger partial charge in [0.25, 0.3) is 0 Å². The van der Waals surface area contributed by atoms with Gasteiger partial charge in [-0.3, -0.25) is 4.79 Å². The molecule has 1 aromatic rings. The molecule has 0 aliphatic heterocycles. The average Bonchev–Trinajstić information content (AvgIpc) is 2.23. The lowest BCUT2D eigenvalue weighted by Crippen LogP contribution is -2.48. The second-order valence-electron chi connectivity index (χ2n) is 4.47. The molecule has 0 aromatic carbocycles. The van der Waals surface area contributed by atoms with Crippen molar-refractivity contribution in [1.29, 1.82) is 0 Å². The van der Waals surface area contributed by atoms with Crippen molar-refractivity contribution in [2.45, 2.75) is 39.2 Å². The van der Waals surface area contributed by atoms with Crippen LogP contribution in [-0.4, -0.2) is 16.4 Å². The number of pyridine rings is 1. The van der Waals surface area contributed by atoms with Crippen molar-refractivity contribution < 1.29 is 4.79 Å². The summed E-state index contributed by atoms with van der Waals surface area (Å²) in [5, 5.41) is 2.99. The number of carbonyl (C=O) groups is 1. The van der Waals surface area contributed by atoms with Crippen LogP contribution < -0.4 is 11.1 Å². The third-order valence-electron chi connectivity index (χ3n) is 2.51. The molecule has 0 aliphatic carbocycles. The lowest BCUT2D eigenvalue weighted by molar-refractivity contribution is -0.120. The van der Waals surface area contributed by atoms with E-state index >= 15 is 0 Å². The Morgan fingerprint density at radius 3 is 2.88 bits per heavy atom. The Bertz CT molecular complexity index is 418. The van der Waals surface area contributed by atoms with E-state index in [0.717, 1.165) is 12.0 Å². The summed E-state index contributed by atoms with van der Waals surface area (Å²) in [4.78, 5) is 15.9. The number of aromatic nitrogens is 1. The summed E-state index contributed by atoms with van der Waals surface area (Å²) in [7, 11) is 0. The second-order valence-corrected chi connectivity index (χ2v) is 4.83. The van der Waals surface area contributed by atoms with E-state index in [2.05, 4.69) is 10.3 Å². The molecule has 0 spiro atoms. The van der Waals surface area contributed by atoms with E-state index in [-0.39, 0.29) is 11.1 Å². The summed E-state index contributed by atoms with van der Waals surface area (Å²) in [6.45, 7) is 5.58. The van der Waals surface area contributed by atoms with Gasteiger partial charge in [0.1, 0.15) is 0 Å². The Hall–Kier alpha value is -1.13. The Kier molecular flexibility index (Phi) is 4.48. The fraction of sp³-hybridized carbons (Fsp3) is 0.500. The van der Waals surface area contributed by atoms with E-state index in [1.807, 2.05) is 13.8 Å². The Labute approximate surface area is 107 Å². The number of rotatable bonds is 4. The molecule has 3 N–H and O–H groups in total. The van der Waals surface area contributed by atoms with Crippen LogP contribution in [0.2, 0.25) is 5.15 Å². The first kappa shape index (κ1) is 13.9. The van der Waals surface area contributed by atoms with Crippen LogP contribution in [0.3, 0.4) is 0 Å². The number of aryl methyl sites for hydroxylation is 1. The van der Waals surface area contributed by atoms with Crippen molar-refractivity contribution in [3.63, 3.8) is 0 Å². The van der Waals surface area contributed by atoms with Crippen LogP contribution in [-0.2, 0) is 4.79 Å². The summed E-state index contributed by atoms with van der Waals surface area (Å²) in [6.07, 6.45) is 3.11. The smallest absolute Gasteiger partial charge is 0.244 e. The Balaban J connectivity index is 2.84. The van der Waals surface area contributed by atoms with Crippen LogP contribution in [0.1, 0.15) is 32.3 Å². The van der Waals surface area contributed by atoms with Gasteiger partial charge in [-0.1, -0.05) is 24.9 Å². The van der Waals surface area contributed by atoms with Gasteiger partial charge in [0.05, 0.1) is 11.2 Å². The highest BCUT2D eigenvalue weighted by Crippen LogP contribution is 2.21. The van der Waals surface area contributed by atoms with Crippen LogP contribution in [0.5, 0.6) is 0 Å². The molecular formula is C12H18ClN3O. The SMILES string of the molecule is CCCC(C)(N)C(=O)Nc1cc(C)cnc1Cl. The van der Waals surface area contributed by atoms with Gasteiger partial charge in [-0.2, -0.15) is 0 Å². The van der Waals surface area contributed by atoms with Crippen LogP contribution in [0.15, 0.2) is 12.3 Å². The zero-order valence-electron chi connectivity index (χ0n) is 10.4. The zero-order chi connectivity index (χ0) is 13.1. The molecular weight excluding hydrogens is 238 g/mol. The zero-order valence-corrected chi connectivity index (χ0v) is 11.1. The van der Waals surface area contributed by atoms with E-state index in [9.17, 15) is 4.79 Å². The number of nitrogens with zero attached hydrogens (tertiary/aromatic N) is 1.